The lowest BCUT2D eigenvalue weighted by molar-refractivity contribution is 0.581. The molecule has 0 N–H and O–H groups in total. The van der Waals surface area contributed by atoms with Crippen LogP contribution in [0.2, 0.25) is 0 Å². The van der Waals surface area contributed by atoms with E-state index >= 15 is 0 Å². The summed E-state index contributed by atoms with van der Waals surface area (Å²) >= 11 is 1.10. The number of hydrogen-bond acceptors (Lipinski definition) is 4. The average Bonchev–Trinajstić information content (AvgIpc) is 2.99. The predicted octanol–water partition coefficient (Wildman–Crippen LogP) is 3.74. The van der Waals surface area contributed by atoms with Gasteiger partial charge in [0, 0.05) is 6.07 Å². The molecule has 3 nitrogen and oxygen atoms in total. The van der Waals surface area contributed by atoms with Crippen LogP contribution in [-0.2, 0) is 0 Å². The van der Waals surface area contributed by atoms with Gasteiger partial charge in [-0.15, -0.1) is 0 Å². The van der Waals surface area contributed by atoms with Crippen molar-refractivity contribution in [1.82, 2.24) is 9.36 Å². The molecular weight excluding hydrogens is 258 g/mol. The van der Waals surface area contributed by atoms with Gasteiger partial charge in [-0.3, -0.25) is 0 Å². The van der Waals surface area contributed by atoms with Gasteiger partial charge in [0.1, 0.15) is 11.6 Å². The molecule has 0 spiro atoms. The summed E-state index contributed by atoms with van der Waals surface area (Å²) in [5, 5.41) is 0.554. The van der Waals surface area contributed by atoms with Crippen LogP contribution in [0.3, 0.4) is 0 Å². The highest BCUT2D eigenvalue weighted by molar-refractivity contribution is 7.09. The van der Waals surface area contributed by atoms with E-state index in [1.54, 1.807) is 12.1 Å². The molecule has 2 aromatic heterocycles. The van der Waals surface area contributed by atoms with E-state index in [-0.39, 0.29) is 11.4 Å². The Kier molecular flexibility index (Phi) is 2.64. The zero-order valence-corrected chi connectivity index (χ0v) is 9.75. The first-order valence-electron chi connectivity index (χ1n) is 5.07. The van der Waals surface area contributed by atoms with E-state index in [1.807, 2.05) is 0 Å². The van der Waals surface area contributed by atoms with Gasteiger partial charge < -0.3 is 4.42 Å². The normalized spacial score (nSPS) is 10.8. The summed E-state index contributed by atoms with van der Waals surface area (Å²) in [6.45, 7) is 0. The Morgan fingerprint density at radius 1 is 1.17 bits per heavy atom. The molecule has 3 rings (SSSR count). The van der Waals surface area contributed by atoms with E-state index in [1.165, 1.54) is 18.4 Å². The minimum atomic E-state index is -0.682. The van der Waals surface area contributed by atoms with Crippen LogP contribution in [0.15, 0.2) is 41.0 Å². The Morgan fingerprint density at radius 3 is 2.78 bits per heavy atom. The maximum atomic E-state index is 13.5. The minimum absolute atomic E-state index is 0.172. The maximum absolute atomic E-state index is 13.5. The third-order valence-electron chi connectivity index (χ3n) is 2.33. The van der Waals surface area contributed by atoms with Crippen molar-refractivity contribution in [2.24, 2.45) is 0 Å². The van der Waals surface area contributed by atoms with E-state index < -0.39 is 11.6 Å². The zero-order valence-electron chi connectivity index (χ0n) is 8.93. The Hall–Kier alpha value is -2.08. The predicted molar refractivity (Wildman–Crippen MR) is 63.0 cm³/mol. The fourth-order valence-corrected chi connectivity index (χ4v) is 2.15. The van der Waals surface area contributed by atoms with Crippen molar-refractivity contribution in [3.05, 3.63) is 48.2 Å². The van der Waals surface area contributed by atoms with Crippen LogP contribution in [0.25, 0.3) is 22.2 Å². The van der Waals surface area contributed by atoms with Crippen molar-refractivity contribution in [2.45, 2.75) is 0 Å². The van der Waals surface area contributed by atoms with Crippen LogP contribution in [0.4, 0.5) is 8.78 Å². The van der Waals surface area contributed by atoms with Crippen LogP contribution in [-0.4, -0.2) is 9.36 Å². The number of benzene rings is 1. The topological polar surface area (TPSA) is 38.9 Å². The second-order valence-corrected chi connectivity index (χ2v) is 4.28. The van der Waals surface area contributed by atoms with Gasteiger partial charge in [-0.2, -0.15) is 4.37 Å². The number of hydrogen-bond donors (Lipinski definition) is 0. The van der Waals surface area contributed by atoms with Crippen LogP contribution in [0.1, 0.15) is 0 Å². The van der Waals surface area contributed by atoms with Crippen molar-refractivity contribution in [3.8, 4) is 22.2 Å². The van der Waals surface area contributed by atoms with Gasteiger partial charge in [0.15, 0.2) is 16.6 Å². The number of halogens is 2. The highest BCUT2D eigenvalue weighted by Crippen LogP contribution is 2.27. The maximum Gasteiger partial charge on any atom is 0.179 e. The molecule has 0 unspecified atom stereocenters. The molecule has 0 aliphatic heterocycles. The molecule has 3 aromatic rings. The molecule has 0 bridgehead atoms. The Labute approximate surface area is 105 Å². The van der Waals surface area contributed by atoms with E-state index in [0.29, 0.717) is 10.8 Å². The average molecular weight is 264 g/mol. The quantitative estimate of drug-likeness (QED) is 0.707. The van der Waals surface area contributed by atoms with Gasteiger partial charge in [-0.05, 0) is 35.8 Å². The van der Waals surface area contributed by atoms with Gasteiger partial charge in [-0.25, -0.2) is 13.8 Å². The number of nitrogens with zero attached hydrogens (tertiary/aromatic N) is 2. The van der Waals surface area contributed by atoms with Gasteiger partial charge in [-0.1, -0.05) is 0 Å². The van der Waals surface area contributed by atoms with E-state index in [9.17, 15) is 8.78 Å². The number of aromatic nitrogens is 2. The smallest absolute Gasteiger partial charge is 0.179 e. The van der Waals surface area contributed by atoms with Crippen molar-refractivity contribution in [1.29, 1.82) is 0 Å². The van der Waals surface area contributed by atoms with Crippen molar-refractivity contribution in [3.63, 3.8) is 0 Å². The Bertz CT molecular complexity index is 679. The van der Waals surface area contributed by atoms with Gasteiger partial charge >= 0.3 is 0 Å². The molecule has 0 saturated carbocycles. The molecule has 90 valence electrons. The fourth-order valence-electron chi connectivity index (χ4n) is 1.50. The van der Waals surface area contributed by atoms with Crippen molar-refractivity contribution >= 4 is 11.5 Å². The first-order valence-corrected chi connectivity index (χ1v) is 5.84. The van der Waals surface area contributed by atoms with Crippen LogP contribution in [0, 0.1) is 11.6 Å². The largest absolute Gasteiger partial charge is 0.462 e. The molecule has 18 heavy (non-hydrogen) atoms. The lowest BCUT2D eigenvalue weighted by atomic mass is 10.2. The lowest BCUT2D eigenvalue weighted by Gasteiger charge is -1.97. The van der Waals surface area contributed by atoms with Crippen molar-refractivity contribution in [2.75, 3.05) is 0 Å². The number of rotatable bonds is 2. The molecule has 0 atom stereocenters. The third-order valence-corrected chi connectivity index (χ3v) is 3.06. The molecule has 0 radical (unpaired) electrons. The summed E-state index contributed by atoms with van der Waals surface area (Å²) in [5.41, 5.74) is 0.172. The highest BCUT2D eigenvalue weighted by Gasteiger charge is 2.14. The van der Waals surface area contributed by atoms with Crippen LogP contribution >= 0.6 is 11.5 Å². The summed E-state index contributed by atoms with van der Waals surface area (Å²) < 4.78 is 35.6. The Morgan fingerprint density at radius 2 is 2.06 bits per heavy atom. The summed E-state index contributed by atoms with van der Waals surface area (Å²) in [4.78, 5) is 4.16. The summed E-state index contributed by atoms with van der Waals surface area (Å²) in [5.74, 6) is -0.512. The molecule has 0 aliphatic carbocycles. The second-order valence-electron chi connectivity index (χ2n) is 3.52. The molecule has 1 aromatic carbocycles. The van der Waals surface area contributed by atoms with Crippen LogP contribution in [0.5, 0.6) is 0 Å². The monoisotopic (exact) mass is 264 g/mol. The first-order chi connectivity index (χ1) is 8.74. The standard InChI is InChI=1S/C12H6F2N2OS/c13-7-3-4-8(9(14)6-7)11-15-12(18-16-11)10-2-1-5-17-10/h1-6H. The number of furan rings is 1. The Balaban J connectivity index is 2.03. The second kappa shape index (κ2) is 4.30. The van der Waals surface area contributed by atoms with E-state index in [2.05, 4.69) is 9.36 Å². The molecule has 0 saturated heterocycles. The van der Waals surface area contributed by atoms with Crippen molar-refractivity contribution < 1.29 is 13.2 Å². The third kappa shape index (κ3) is 1.91. The summed E-state index contributed by atoms with van der Waals surface area (Å²) in [7, 11) is 0. The molecular formula is C12H6F2N2OS. The lowest BCUT2D eigenvalue weighted by Crippen LogP contribution is -1.88. The first kappa shape index (κ1) is 11.0. The van der Waals surface area contributed by atoms with Gasteiger partial charge in [0.25, 0.3) is 0 Å². The SMILES string of the molecule is Fc1ccc(-c2nsc(-c3ccco3)n2)c(F)c1. The molecule has 6 heteroatoms. The van der Waals surface area contributed by atoms with Gasteiger partial charge in [0.05, 0.1) is 11.8 Å². The fraction of sp³-hybridized carbons (Fsp3) is 0. The van der Waals surface area contributed by atoms with Crippen LogP contribution < -0.4 is 0 Å². The molecule has 2 heterocycles. The highest BCUT2D eigenvalue weighted by atomic mass is 32.1. The zero-order chi connectivity index (χ0) is 12.5. The molecule has 0 amide bonds. The molecule has 0 aliphatic rings. The summed E-state index contributed by atoms with van der Waals surface area (Å²) in [6, 6.07) is 6.77. The van der Waals surface area contributed by atoms with Gasteiger partial charge in [0.2, 0.25) is 0 Å². The minimum Gasteiger partial charge on any atom is -0.462 e. The molecule has 0 fully saturated rings. The summed E-state index contributed by atoms with van der Waals surface area (Å²) in [6.07, 6.45) is 1.52. The van der Waals surface area contributed by atoms with E-state index in [0.717, 1.165) is 17.6 Å². The van der Waals surface area contributed by atoms with E-state index in [4.69, 9.17) is 4.42 Å².